The predicted octanol–water partition coefficient (Wildman–Crippen LogP) is 5.64. The quantitative estimate of drug-likeness (QED) is 0.302. The molecule has 0 saturated carbocycles. The van der Waals surface area contributed by atoms with Crippen molar-refractivity contribution in [1.82, 2.24) is 10.2 Å². The Kier molecular flexibility index (Phi) is 5.76. The molecule has 1 aliphatic heterocycles. The third-order valence-corrected chi connectivity index (χ3v) is 6.85. The number of hydrogen-bond acceptors (Lipinski definition) is 7. The molecule has 7 nitrogen and oxygen atoms in total. The number of fused-ring (bicyclic) bond motifs is 2. The van der Waals surface area contributed by atoms with Crippen molar-refractivity contribution in [2.75, 3.05) is 11.5 Å². The van der Waals surface area contributed by atoms with Gasteiger partial charge >= 0.3 is 0 Å². The van der Waals surface area contributed by atoms with E-state index in [0.29, 0.717) is 28.3 Å². The summed E-state index contributed by atoms with van der Waals surface area (Å²) in [4.78, 5) is 28.6. The number of amides is 1. The van der Waals surface area contributed by atoms with Crippen molar-refractivity contribution in [3.63, 3.8) is 0 Å². The van der Waals surface area contributed by atoms with E-state index in [4.69, 9.17) is 9.15 Å². The van der Waals surface area contributed by atoms with Gasteiger partial charge in [-0.2, -0.15) is 0 Å². The highest BCUT2D eigenvalue weighted by Crippen LogP contribution is 2.42. The summed E-state index contributed by atoms with van der Waals surface area (Å²) in [6, 6.07) is 12.0. The van der Waals surface area contributed by atoms with Crippen LogP contribution in [0.15, 0.2) is 56.1 Å². The first-order valence-corrected chi connectivity index (χ1v) is 12.2. The van der Waals surface area contributed by atoms with E-state index in [2.05, 4.69) is 33.1 Å². The maximum atomic E-state index is 13.6. The molecule has 1 aliphatic rings. The number of anilines is 1. The van der Waals surface area contributed by atoms with Gasteiger partial charge in [-0.15, -0.1) is 10.2 Å². The van der Waals surface area contributed by atoms with Gasteiger partial charge < -0.3 is 9.15 Å². The van der Waals surface area contributed by atoms with Crippen molar-refractivity contribution in [3.8, 4) is 5.75 Å². The number of hydrogen-bond donors (Lipinski definition) is 0. The molecule has 1 unspecified atom stereocenters. The summed E-state index contributed by atoms with van der Waals surface area (Å²) in [6.07, 6.45) is 2.02. The number of carbonyl (C=O) groups is 1. The van der Waals surface area contributed by atoms with Crippen LogP contribution in [0.5, 0.6) is 5.75 Å². The summed E-state index contributed by atoms with van der Waals surface area (Å²) < 4.78 is 12.5. The molecule has 0 fully saturated rings. The summed E-state index contributed by atoms with van der Waals surface area (Å²) in [5.74, 6) is 0.372. The van der Waals surface area contributed by atoms with Crippen LogP contribution in [-0.4, -0.2) is 22.7 Å². The number of aryl methyl sites for hydroxylation is 1. The SMILES string of the molecule is CCCCOc1ccc(C2c3c(oc4ccc(Br)cc4c3=O)C(=O)N2c2nnc(C)s2)cc1. The van der Waals surface area contributed by atoms with Crippen LogP contribution in [0, 0.1) is 6.92 Å². The van der Waals surface area contributed by atoms with Crippen LogP contribution in [0.2, 0.25) is 0 Å². The zero-order valence-electron chi connectivity index (χ0n) is 18.0. The molecule has 1 amide bonds. The van der Waals surface area contributed by atoms with Crippen LogP contribution in [-0.2, 0) is 0 Å². The molecule has 1 atom stereocenters. The second-order valence-electron chi connectivity index (χ2n) is 7.77. The highest BCUT2D eigenvalue weighted by molar-refractivity contribution is 9.10. The largest absolute Gasteiger partial charge is 0.494 e. The van der Waals surface area contributed by atoms with Gasteiger partial charge in [0, 0.05) is 4.47 Å². The van der Waals surface area contributed by atoms with Gasteiger partial charge in [-0.25, -0.2) is 0 Å². The third kappa shape index (κ3) is 3.85. The summed E-state index contributed by atoms with van der Waals surface area (Å²) in [5.41, 5.74) is 1.19. The fraction of sp³-hybridized carbons (Fsp3) is 0.250. The molecule has 0 aliphatic carbocycles. The van der Waals surface area contributed by atoms with Gasteiger partial charge in [0.1, 0.15) is 16.3 Å². The Morgan fingerprint density at radius 3 is 2.64 bits per heavy atom. The van der Waals surface area contributed by atoms with E-state index in [1.807, 2.05) is 31.2 Å². The minimum atomic E-state index is -0.677. The maximum absolute atomic E-state index is 13.6. The van der Waals surface area contributed by atoms with Gasteiger partial charge in [-0.1, -0.05) is 52.7 Å². The Morgan fingerprint density at radius 2 is 1.94 bits per heavy atom. The Hall–Kier alpha value is -3.04. The number of unbranched alkanes of at least 4 members (excludes halogenated alkanes) is 1. The molecule has 5 rings (SSSR count). The zero-order valence-corrected chi connectivity index (χ0v) is 20.4. The fourth-order valence-corrected chi connectivity index (χ4v) is 5.00. The highest BCUT2D eigenvalue weighted by Gasteiger charge is 2.45. The van der Waals surface area contributed by atoms with Crippen molar-refractivity contribution >= 4 is 49.3 Å². The van der Waals surface area contributed by atoms with E-state index >= 15 is 0 Å². The van der Waals surface area contributed by atoms with Crippen molar-refractivity contribution in [1.29, 1.82) is 0 Å². The normalized spacial score (nSPS) is 15.3. The molecule has 0 bridgehead atoms. The van der Waals surface area contributed by atoms with Crippen molar-refractivity contribution in [2.24, 2.45) is 0 Å². The number of carbonyl (C=O) groups excluding carboxylic acids is 1. The second-order valence-corrected chi connectivity index (χ2v) is 9.84. The van der Waals surface area contributed by atoms with Crippen LogP contribution in [0.3, 0.4) is 0 Å². The standard InChI is InChI=1S/C24H20BrN3O4S/c1-3-4-11-31-16-8-5-14(6-9-16)20-19-21(29)17-12-15(25)7-10-18(17)32-22(19)23(30)28(20)24-27-26-13(2)33-24/h5-10,12,20H,3-4,11H2,1-2H3. The average molecular weight is 526 g/mol. The molecule has 9 heteroatoms. The van der Waals surface area contributed by atoms with Gasteiger partial charge in [-0.3, -0.25) is 14.5 Å². The molecule has 0 N–H and O–H groups in total. The summed E-state index contributed by atoms with van der Waals surface area (Å²) in [6.45, 7) is 4.57. The highest BCUT2D eigenvalue weighted by atomic mass is 79.9. The number of halogens is 1. The first-order valence-electron chi connectivity index (χ1n) is 10.6. The van der Waals surface area contributed by atoms with Gasteiger partial charge in [-0.05, 0) is 49.2 Å². The molecule has 0 radical (unpaired) electrons. The molecular weight excluding hydrogens is 506 g/mol. The lowest BCUT2D eigenvalue weighted by atomic mass is 9.98. The van der Waals surface area contributed by atoms with Gasteiger partial charge in [0.2, 0.25) is 10.9 Å². The monoisotopic (exact) mass is 525 g/mol. The van der Waals surface area contributed by atoms with E-state index < -0.39 is 11.9 Å². The van der Waals surface area contributed by atoms with Gasteiger partial charge in [0.05, 0.1) is 23.6 Å². The molecule has 2 aromatic carbocycles. The van der Waals surface area contributed by atoms with Crippen molar-refractivity contribution < 1.29 is 13.9 Å². The Balaban J connectivity index is 1.67. The van der Waals surface area contributed by atoms with Crippen LogP contribution >= 0.6 is 27.3 Å². The Labute approximate surface area is 202 Å². The Morgan fingerprint density at radius 1 is 1.15 bits per heavy atom. The lowest BCUT2D eigenvalue weighted by Gasteiger charge is -2.22. The second kappa shape index (κ2) is 8.72. The molecular formula is C24H20BrN3O4S. The topological polar surface area (TPSA) is 85.5 Å². The molecule has 0 spiro atoms. The smallest absolute Gasteiger partial charge is 0.297 e. The van der Waals surface area contributed by atoms with E-state index in [0.717, 1.165) is 33.6 Å². The van der Waals surface area contributed by atoms with Gasteiger partial charge in [0.25, 0.3) is 5.91 Å². The number of rotatable bonds is 6. The molecule has 2 aromatic heterocycles. The third-order valence-electron chi connectivity index (χ3n) is 5.52. The summed E-state index contributed by atoms with van der Waals surface area (Å²) in [7, 11) is 0. The lowest BCUT2D eigenvalue weighted by Crippen LogP contribution is -2.29. The molecule has 33 heavy (non-hydrogen) atoms. The van der Waals surface area contributed by atoms with Crippen molar-refractivity contribution in [2.45, 2.75) is 32.7 Å². The molecule has 3 heterocycles. The Bertz CT molecular complexity index is 1410. The van der Waals surface area contributed by atoms with E-state index in [1.54, 1.807) is 18.2 Å². The summed E-state index contributed by atoms with van der Waals surface area (Å²) in [5, 5.41) is 9.81. The number of nitrogens with zero attached hydrogens (tertiary/aromatic N) is 3. The van der Waals surface area contributed by atoms with Crippen LogP contribution < -0.4 is 15.1 Å². The molecule has 4 aromatic rings. The lowest BCUT2D eigenvalue weighted by molar-refractivity contribution is 0.0970. The maximum Gasteiger partial charge on any atom is 0.297 e. The molecule has 168 valence electrons. The summed E-state index contributed by atoms with van der Waals surface area (Å²) >= 11 is 4.71. The van der Waals surface area contributed by atoms with Crippen molar-refractivity contribution in [3.05, 3.63) is 79.1 Å². The van der Waals surface area contributed by atoms with Crippen LogP contribution in [0.4, 0.5) is 5.13 Å². The van der Waals surface area contributed by atoms with Gasteiger partial charge in [0.15, 0.2) is 5.43 Å². The number of benzene rings is 2. The van der Waals surface area contributed by atoms with E-state index in [-0.39, 0.29) is 11.2 Å². The van der Waals surface area contributed by atoms with Crippen LogP contribution in [0.25, 0.3) is 11.0 Å². The minimum absolute atomic E-state index is 0.0379. The number of aromatic nitrogens is 2. The predicted molar refractivity (Wildman–Crippen MR) is 130 cm³/mol. The van der Waals surface area contributed by atoms with Crippen LogP contribution in [0.1, 0.15) is 52.5 Å². The molecule has 0 saturated heterocycles. The minimum Gasteiger partial charge on any atom is -0.494 e. The zero-order chi connectivity index (χ0) is 23.1. The first kappa shape index (κ1) is 21.8. The van der Waals surface area contributed by atoms with E-state index in [9.17, 15) is 9.59 Å². The van der Waals surface area contributed by atoms with E-state index in [1.165, 1.54) is 16.2 Å². The fourth-order valence-electron chi connectivity index (χ4n) is 3.92. The average Bonchev–Trinajstić information content (AvgIpc) is 3.36. The first-order chi connectivity index (χ1) is 16.0. The number of ether oxygens (including phenoxy) is 1.